The van der Waals surface area contributed by atoms with Gasteiger partial charge in [-0.3, -0.25) is 9.78 Å². The molecule has 1 saturated carbocycles. The Balaban J connectivity index is 1.36. The highest BCUT2D eigenvalue weighted by atomic mass is 35.5. The quantitative estimate of drug-likeness (QED) is 0.185. The molecule has 0 spiro atoms. The molecule has 1 aromatic carbocycles. The molecule has 1 fully saturated rings. The van der Waals surface area contributed by atoms with Crippen LogP contribution in [0.2, 0.25) is 5.02 Å². The van der Waals surface area contributed by atoms with Crippen molar-refractivity contribution in [3.05, 3.63) is 78.1 Å². The fourth-order valence-electron chi connectivity index (χ4n) is 4.46. The van der Waals surface area contributed by atoms with Gasteiger partial charge in [0, 0.05) is 29.3 Å². The number of fused-ring (bicyclic) bond motifs is 1. The van der Waals surface area contributed by atoms with E-state index >= 15 is 0 Å². The maximum atomic E-state index is 12.5. The van der Waals surface area contributed by atoms with E-state index in [2.05, 4.69) is 14.7 Å². The van der Waals surface area contributed by atoms with Crippen LogP contribution in [0.15, 0.2) is 30.5 Å². The van der Waals surface area contributed by atoms with Crippen molar-refractivity contribution < 1.29 is 48.4 Å². The highest BCUT2D eigenvalue weighted by Crippen LogP contribution is 2.41. The van der Waals surface area contributed by atoms with Crippen molar-refractivity contribution in [3.8, 4) is 5.75 Å². The standard InChI is InChI=1S/C23H22ClN3O12/c1-11-20(17-10-34-21(16(17)9-25-11)13-3-5-15(24)6-4-13)37-23(29)36-12(2)35-22(28)14-7-18(38-26(30)31)19(8-14)39-27(32)33/h3-6,9,12,14,18-19,21H,7-8,10H2,1-2H3/t12-,14?,18-,19+,21-/m0/s1. The lowest BCUT2D eigenvalue weighted by molar-refractivity contribution is -0.797. The molecule has 39 heavy (non-hydrogen) atoms. The normalized spacial score (nSPS) is 22.3. The summed E-state index contributed by atoms with van der Waals surface area (Å²) >= 11 is 5.96. The molecule has 0 saturated heterocycles. The van der Waals surface area contributed by atoms with Gasteiger partial charge >= 0.3 is 12.1 Å². The second-order valence-electron chi connectivity index (χ2n) is 8.73. The Labute approximate surface area is 225 Å². The molecule has 0 radical (unpaired) electrons. The summed E-state index contributed by atoms with van der Waals surface area (Å²) < 4.78 is 21.4. The van der Waals surface area contributed by atoms with Crippen molar-refractivity contribution in [2.45, 2.75) is 57.9 Å². The van der Waals surface area contributed by atoms with Gasteiger partial charge in [-0.05, 0) is 37.5 Å². The molecule has 4 rings (SSSR count). The van der Waals surface area contributed by atoms with Crippen LogP contribution in [0.3, 0.4) is 0 Å². The molecular weight excluding hydrogens is 546 g/mol. The predicted molar refractivity (Wildman–Crippen MR) is 126 cm³/mol. The van der Waals surface area contributed by atoms with Crippen LogP contribution in [0, 0.1) is 33.1 Å². The van der Waals surface area contributed by atoms with E-state index in [1.165, 1.54) is 6.92 Å². The molecule has 2 aliphatic rings. The first-order chi connectivity index (χ1) is 18.5. The minimum Gasteiger partial charge on any atom is -0.425 e. The summed E-state index contributed by atoms with van der Waals surface area (Å²) in [6.45, 7) is 3.03. The molecule has 1 unspecified atom stereocenters. The van der Waals surface area contributed by atoms with Gasteiger partial charge in [0.25, 0.3) is 10.2 Å². The van der Waals surface area contributed by atoms with E-state index < -0.39 is 52.8 Å². The van der Waals surface area contributed by atoms with Gasteiger partial charge in [-0.1, -0.05) is 23.7 Å². The highest BCUT2D eigenvalue weighted by Gasteiger charge is 2.44. The van der Waals surface area contributed by atoms with Gasteiger partial charge in [-0.2, -0.15) is 0 Å². The second-order valence-corrected chi connectivity index (χ2v) is 9.16. The summed E-state index contributed by atoms with van der Waals surface area (Å²) in [4.78, 5) is 59.4. The Kier molecular flexibility index (Phi) is 8.30. The van der Waals surface area contributed by atoms with E-state index in [1.807, 2.05) is 12.1 Å². The molecule has 208 valence electrons. The molecule has 1 aliphatic heterocycles. The molecule has 16 heteroatoms. The van der Waals surface area contributed by atoms with Crippen LogP contribution < -0.4 is 4.74 Å². The lowest BCUT2D eigenvalue weighted by atomic mass is 10.0. The largest absolute Gasteiger partial charge is 0.517 e. The number of pyridine rings is 1. The number of esters is 1. The number of hydrogen-bond donors (Lipinski definition) is 0. The molecule has 0 N–H and O–H groups in total. The van der Waals surface area contributed by atoms with Crippen molar-refractivity contribution in [1.82, 2.24) is 4.98 Å². The number of ether oxygens (including phenoxy) is 4. The van der Waals surface area contributed by atoms with Crippen molar-refractivity contribution in [2.75, 3.05) is 0 Å². The van der Waals surface area contributed by atoms with Gasteiger partial charge in [-0.15, -0.1) is 20.2 Å². The number of nitrogens with zero attached hydrogens (tertiary/aromatic N) is 3. The SMILES string of the molecule is Cc1ncc2c(c1OC(=O)O[C@@H](C)OC(=O)C1C[C@H](O[N+](=O)[O-])[C@H](O[N+](=O)[O-])C1)CO[C@H]2c1ccc(Cl)cc1. The Hall–Kier alpha value is -4.24. The van der Waals surface area contributed by atoms with Crippen LogP contribution in [-0.2, 0) is 35.3 Å². The van der Waals surface area contributed by atoms with Crippen molar-refractivity contribution in [2.24, 2.45) is 5.92 Å². The van der Waals surface area contributed by atoms with Crippen LogP contribution in [0.25, 0.3) is 0 Å². The lowest BCUT2D eigenvalue weighted by Gasteiger charge is -2.17. The first-order valence-electron chi connectivity index (χ1n) is 11.6. The van der Waals surface area contributed by atoms with E-state index in [1.54, 1.807) is 25.3 Å². The van der Waals surface area contributed by atoms with Crippen molar-refractivity contribution >= 4 is 23.7 Å². The van der Waals surface area contributed by atoms with Crippen LogP contribution in [-0.4, -0.2) is 45.8 Å². The molecule has 2 aromatic rings. The summed E-state index contributed by atoms with van der Waals surface area (Å²) in [6.07, 6.45) is -4.65. The average molecular weight is 568 g/mol. The number of carbonyl (C=O) groups excluding carboxylic acids is 2. The Morgan fingerprint density at radius 3 is 2.28 bits per heavy atom. The van der Waals surface area contributed by atoms with Crippen molar-refractivity contribution in [3.63, 3.8) is 0 Å². The maximum Gasteiger partial charge on any atom is 0.517 e. The molecule has 5 atom stereocenters. The summed E-state index contributed by atoms with van der Waals surface area (Å²) in [5, 5.41) is 19.6. The summed E-state index contributed by atoms with van der Waals surface area (Å²) in [6, 6.07) is 7.09. The number of hydrogen-bond acceptors (Lipinski definition) is 13. The number of aromatic nitrogens is 1. The van der Waals surface area contributed by atoms with Crippen LogP contribution in [0.1, 0.15) is 48.3 Å². The third-order valence-corrected chi connectivity index (χ3v) is 6.40. The Bertz CT molecular complexity index is 1250. The van der Waals surface area contributed by atoms with Gasteiger partial charge in [-0.25, -0.2) is 4.79 Å². The third-order valence-electron chi connectivity index (χ3n) is 6.15. The van der Waals surface area contributed by atoms with E-state index in [0.717, 1.165) is 5.56 Å². The first kappa shape index (κ1) is 27.8. The van der Waals surface area contributed by atoms with Gasteiger partial charge in [0.05, 0.1) is 18.2 Å². The van der Waals surface area contributed by atoms with E-state index in [9.17, 15) is 29.8 Å². The molecule has 15 nitrogen and oxygen atoms in total. The summed E-state index contributed by atoms with van der Waals surface area (Å²) in [7, 11) is 0. The van der Waals surface area contributed by atoms with Crippen LogP contribution in [0.5, 0.6) is 5.75 Å². The number of carbonyl (C=O) groups is 2. The number of halogens is 1. The molecule has 1 aliphatic carbocycles. The monoisotopic (exact) mass is 567 g/mol. The second kappa shape index (κ2) is 11.7. The topological polar surface area (TPSA) is 189 Å². The third kappa shape index (κ3) is 6.61. The van der Waals surface area contributed by atoms with Gasteiger partial charge < -0.3 is 28.6 Å². The van der Waals surface area contributed by atoms with E-state index in [0.29, 0.717) is 21.8 Å². The first-order valence-corrected chi connectivity index (χ1v) is 12.0. The van der Waals surface area contributed by atoms with Gasteiger partial charge in [0.2, 0.25) is 6.29 Å². The average Bonchev–Trinajstić information content (AvgIpc) is 3.45. The number of benzene rings is 1. The molecule has 0 bridgehead atoms. The van der Waals surface area contributed by atoms with E-state index in [4.69, 9.17) is 30.5 Å². The fourth-order valence-corrected chi connectivity index (χ4v) is 4.58. The number of rotatable bonds is 9. The fraction of sp³-hybridized carbons (Fsp3) is 0.435. The van der Waals surface area contributed by atoms with Crippen LogP contribution in [0.4, 0.5) is 4.79 Å². The zero-order valence-electron chi connectivity index (χ0n) is 20.5. The highest BCUT2D eigenvalue weighted by molar-refractivity contribution is 6.30. The molecule has 2 heterocycles. The molecule has 0 amide bonds. The zero-order valence-corrected chi connectivity index (χ0v) is 21.3. The zero-order chi connectivity index (χ0) is 28.3. The number of aryl methyl sites for hydroxylation is 1. The van der Waals surface area contributed by atoms with Gasteiger partial charge in [0.1, 0.15) is 18.3 Å². The van der Waals surface area contributed by atoms with E-state index in [-0.39, 0.29) is 25.2 Å². The minimum absolute atomic E-state index is 0.140. The predicted octanol–water partition coefficient (Wildman–Crippen LogP) is 3.63. The summed E-state index contributed by atoms with van der Waals surface area (Å²) in [5.41, 5.74) is 2.53. The lowest BCUT2D eigenvalue weighted by Crippen LogP contribution is -2.30. The van der Waals surface area contributed by atoms with Crippen molar-refractivity contribution in [1.29, 1.82) is 0 Å². The Morgan fingerprint density at radius 2 is 1.69 bits per heavy atom. The Morgan fingerprint density at radius 1 is 1.08 bits per heavy atom. The van der Waals surface area contributed by atoms with Gasteiger partial charge in [0.15, 0.2) is 5.75 Å². The minimum atomic E-state index is -1.42. The molecular formula is C23H22ClN3O12. The maximum absolute atomic E-state index is 12.5. The smallest absolute Gasteiger partial charge is 0.425 e. The van der Waals surface area contributed by atoms with Crippen LogP contribution >= 0.6 is 11.6 Å². The summed E-state index contributed by atoms with van der Waals surface area (Å²) in [5.74, 6) is -1.81. The molecule has 1 aromatic heterocycles.